The predicted octanol–water partition coefficient (Wildman–Crippen LogP) is 3.40. The van der Waals surface area contributed by atoms with Gasteiger partial charge >= 0.3 is 0 Å². The largest absolute Gasteiger partial charge is 0.508 e. The lowest BCUT2D eigenvalue weighted by atomic mass is 10.1. The maximum Gasteiger partial charge on any atom is 0.177 e. The summed E-state index contributed by atoms with van der Waals surface area (Å²) in [6.07, 6.45) is 2.74. The Morgan fingerprint density at radius 3 is 2.61 bits per heavy atom. The maximum absolute atomic E-state index is 11.9. The molecule has 23 heavy (non-hydrogen) atoms. The summed E-state index contributed by atoms with van der Waals surface area (Å²) in [6.45, 7) is 1.92. The molecule has 0 spiro atoms. The number of nitrogens with zero attached hydrogens (tertiary/aromatic N) is 1. The van der Waals surface area contributed by atoms with Crippen molar-refractivity contribution in [3.8, 4) is 5.75 Å². The van der Waals surface area contributed by atoms with Crippen LogP contribution in [-0.2, 0) is 9.84 Å². The van der Waals surface area contributed by atoms with Gasteiger partial charge in [-0.2, -0.15) is 0 Å². The number of phenols is 1. The van der Waals surface area contributed by atoms with Crippen LogP contribution in [0.4, 0.5) is 11.4 Å². The first kappa shape index (κ1) is 15.3. The van der Waals surface area contributed by atoms with Gasteiger partial charge in [0.1, 0.15) is 5.75 Å². The Hall–Kier alpha value is -2.60. The average Bonchev–Trinajstić information content (AvgIpc) is 2.50. The summed E-state index contributed by atoms with van der Waals surface area (Å²) in [6, 6.07) is 11.9. The molecule has 2 N–H and O–H groups in total. The Kier molecular flexibility index (Phi) is 3.69. The lowest BCUT2D eigenvalue weighted by molar-refractivity contribution is 0.475. The minimum absolute atomic E-state index is 0.160. The predicted molar refractivity (Wildman–Crippen MR) is 91.0 cm³/mol. The molecule has 0 aliphatic carbocycles. The molecule has 0 aliphatic heterocycles. The van der Waals surface area contributed by atoms with Gasteiger partial charge in [-0.25, -0.2) is 8.42 Å². The van der Waals surface area contributed by atoms with Gasteiger partial charge in [-0.05, 0) is 30.7 Å². The number of pyridine rings is 1. The molecule has 6 heteroatoms. The van der Waals surface area contributed by atoms with E-state index in [1.807, 2.05) is 19.1 Å². The number of sulfone groups is 1. The van der Waals surface area contributed by atoms with E-state index in [-0.39, 0.29) is 10.6 Å². The van der Waals surface area contributed by atoms with E-state index in [1.54, 1.807) is 36.5 Å². The number of phenolic OH excluding ortho intramolecular Hbond substituents is 1. The summed E-state index contributed by atoms with van der Waals surface area (Å²) < 4.78 is 23.8. The molecule has 3 aromatic rings. The molecule has 2 aromatic carbocycles. The van der Waals surface area contributed by atoms with Crippen molar-refractivity contribution in [3.63, 3.8) is 0 Å². The van der Waals surface area contributed by atoms with Crippen LogP contribution in [0.15, 0.2) is 53.6 Å². The highest BCUT2D eigenvalue weighted by Gasteiger charge is 2.14. The molecule has 0 saturated carbocycles. The van der Waals surface area contributed by atoms with E-state index in [0.29, 0.717) is 10.9 Å². The third kappa shape index (κ3) is 2.98. The third-order valence-electron chi connectivity index (χ3n) is 3.62. The van der Waals surface area contributed by atoms with Crippen LogP contribution in [0, 0.1) is 6.92 Å². The van der Waals surface area contributed by atoms with Crippen molar-refractivity contribution in [3.05, 3.63) is 54.2 Å². The van der Waals surface area contributed by atoms with E-state index in [9.17, 15) is 13.5 Å². The summed E-state index contributed by atoms with van der Waals surface area (Å²) in [4.78, 5) is 4.42. The van der Waals surface area contributed by atoms with Gasteiger partial charge in [-0.1, -0.05) is 18.2 Å². The zero-order valence-electron chi connectivity index (χ0n) is 12.7. The number of nitrogens with one attached hydrogen (secondary N) is 1. The smallest absolute Gasteiger partial charge is 0.177 e. The summed E-state index contributed by atoms with van der Waals surface area (Å²) >= 11 is 0. The van der Waals surface area contributed by atoms with E-state index in [0.717, 1.165) is 16.9 Å². The van der Waals surface area contributed by atoms with E-state index in [2.05, 4.69) is 10.3 Å². The van der Waals surface area contributed by atoms with Crippen molar-refractivity contribution in [1.82, 2.24) is 4.98 Å². The van der Waals surface area contributed by atoms with Crippen molar-refractivity contribution < 1.29 is 13.5 Å². The van der Waals surface area contributed by atoms with Gasteiger partial charge in [0.15, 0.2) is 9.84 Å². The number of hydrogen-bond donors (Lipinski definition) is 2. The summed E-state index contributed by atoms with van der Waals surface area (Å²) in [5.74, 6) is 0.160. The monoisotopic (exact) mass is 328 g/mol. The van der Waals surface area contributed by atoms with Gasteiger partial charge in [0.05, 0.1) is 10.4 Å². The minimum atomic E-state index is -3.36. The first-order valence-electron chi connectivity index (χ1n) is 7.01. The van der Waals surface area contributed by atoms with Crippen LogP contribution in [0.2, 0.25) is 0 Å². The van der Waals surface area contributed by atoms with Crippen molar-refractivity contribution in [2.24, 2.45) is 0 Å². The van der Waals surface area contributed by atoms with Gasteiger partial charge in [0, 0.05) is 35.3 Å². The molecule has 0 fully saturated rings. The Labute approximate surface area is 134 Å². The van der Waals surface area contributed by atoms with Crippen LogP contribution in [-0.4, -0.2) is 24.8 Å². The van der Waals surface area contributed by atoms with Crippen molar-refractivity contribution in [2.45, 2.75) is 11.8 Å². The van der Waals surface area contributed by atoms with Gasteiger partial charge in [-0.15, -0.1) is 0 Å². The first-order valence-corrected chi connectivity index (χ1v) is 8.90. The lowest BCUT2D eigenvalue weighted by Gasteiger charge is -2.13. The number of hydrogen-bond acceptors (Lipinski definition) is 5. The number of rotatable bonds is 3. The molecule has 0 bridgehead atoms. The molecule has 118 valence electrons. The first-order chi connectivity index (χ1) is 10.9. The molecular weight excluding hydrogens is 312 g/mol. The highest BCUT2D eigenvalue weighted by molar-refractivity contribution is 7.91. The van der Waals surface area contributed by atoms with E-state index >= 15 is 0 Å². The van der Waals surface area contributed by atoms with Crippen LogP contribution < -0.4 is 5.32 Å². The van der Waals surface area contributed by atoms with Crippen molar-refractivity contribution in [1.29, 1.82) is 0 Å². The number of para-hydroxylation sites is 1. The van der Waals surface area contributed by atoms with E-state index < -0.39 is 9.84 Å². The van der Waals surface area contributed by atoms with Crippen LogP contribution in [0.25, 0.3) is 10.9 Å². The molecule has 0 aliphatic rings. The average molecular weight is 328 g/mol. The fraction of sp³-hybridized carbons (Fsp3) is 0.118. The standard InChI is InChI=1S/C17H16N2O3S/c1-11-6-7-12(20)10-15(11)19-14-8-9-18-17-13(14)4-3-5-16(17)23(2,21)22/h3-10,20H,1-2H3,(H,18,19). The van der Waals surface area contributed by atoms with Crippen LogP contribution in [0.3, 0.4) is 0 Å². The molecule has 3 rings (SSSR count). The summed E-state index contributed by atoms with van der Waals surface area (Å²) in [5, 5.41) is 13.6. The third-order valence-corrected chi connectivity index (χ3v) is 4.75. The normalized spacial score (nSPS) is 11.6. The van der Waals surface area contributed by atoms with Gasteiger partial charge < -0.3 is 10.4 Å². The van der Waals surface area contributed by atoms with E-state index in [1.165, 1.54) is 6.26 Å². The number of fused-ring (bicyclic) bond motifs is 1. The Bertz CT molecular complexity index is 998. The SMILES string of the molecule is Cc1ccc(O)cc1Nc1ccnc2c(S(C)(=O)=O)cccc12. The maximum atomic E-state index is 11.9. The van der Waals surface area contributed by atoms with Gasteiger partial charge in [0.2, 0.25) is 0 Å². The second kappa shape index (κ2) is 5.55. The molecule has 0 amide bonds. The van der Waals surface area contributed by atoms with Gasteiger partial charge in [-0.3, -0.25) is 4.98 Å². The quantitative estimate of drug-likeness (QED) is 0.770. The Morgan fingerprint density at radius 2 is 1.87 bits per heavy atom. The second-order valence-electron chi connectivity index (χ2n) is 5.41. The molecule has 1 heterocycles. The van der Waals surface area contributed by atoms with E-state index in [4.69, 9.17) is 0 Å². The topological polar surface area (TPSA) is 79.3 Å². The van der Waals surface area contributed by atoms with Crippen LogP contribution in [0.1, 0.15) is 5.56 Å². The molecule has 0 unspecified atom stereocenters. The fourth-order valence-corrected chi connectivity index (χ4v) is 3.29. The fourth-order valence-electron chi connectivity index (χ4n) is 2.45. The van der Waals surface area contributed by atoms with Crippen molar-refractivity contribution in [2.75, 3.05) is 11.6 Å². The molecule has 0 atom stereocenters. The zero-order chi connectivity index (χ0) is 16.6. The number of anilines is 2. The number of aromatic nitrogens is 1. The molecule has 0 saturated heterocycles. The molecular formula is C17H16N2O3S. The van der Waals surface area contributed by atoms with Crippen molar-refractivity contribution >= 4 is 32.1 Å². The Balaban J connectivity index is 2.18. The second-order valence-corrected chi connectivity index (χ2v) is 7.39. The molecule has 5 nitrogen and oxygen atoms in total. The van der Waals surface area contributed by atoms with Crippen LogP contribution >= 0.6 is 0 Å². The summed E-state index contributed by atoms with van der Waals surface area (Å²) in [7, 11) is -3.36. The zero-order valence-corrected chi connectivity index (χ0v) is 13.6. The summed E-state index contributed by atoms with van der Waals surface area (Å²) in [5.41, 5.74) is 2.88. The van der Waals surface area contributed by atoms with Gasteiger partial charge in [0.25, 0.3) is 0 Å². The Morgan fingerprint density at radius 1 is 1.09 bits per heavy atom. The lowest BCUT2D eigenvalue weighted by Crippen LogP contribution is -2.01. The number of benzene rings is 2. The molecule has 1 aromatic heterocycles. The number of aryl methyl sites for hydroxylation is 1. The molecule has 0 radical (unpaired) electrons. The highest BCUT2D eigenvalue weighted by atomic mass is 32.2. The van der Waals surface area contributed by atoms with Crippen LogP contribution in [0.5, 0.6) is 5.75 Å². The minimum Gasteiger partial charge on any atom is -0.508 e. The number of aromatic hydroxyl groups is 1. The highest BCUT2D eigenvalue weighted by Crippen LogP contribution is 2.31.